The molecule has 0 aliphatic heterocycles. The van der Waals surface area contributed by atoms with Gasteiger partial charge >= 0.3 is 0 Å². The van der Waals surface area contributed by atoms with Crippen molar-refractivity contribution in [2.75, 3.05) is 26.2 Å². The molecule has 5 nitrogen and oxygen atoms in total. The summed E-state index contributed by atoms with van der Waals surface area (Å²) in [4.78, 5) is 17.9. The standard InChI is InChI=1S/C13H14N2O3S/c1-15(13-14-6-7-19-13)12(16)9-4-5-10(17-2)11(8-9)18-3/h4-8H,1-3H3. The first-order valence-corrected chi connectivity index (χ1v) is 6.45. The van der Waals surface area contributed by atoms with Gasteiger partial charge in [-0.3, -0.25) is 9.69 Å². The van der Waals surface area contributed by atoms with E-state index < -0.39 is 0 Å². The monoisotopic (exact) mass is 278 g/mol. The average molecular weight is 278 g/mol. The molecule has 0 aliphatic carbocycles. The second-order valence-electron chi connectivity index (χ2n) is 3.75. The fraction of sp³-hybridized carbons (Fsp3) is 0.231. The number of thiazole rings is 1. The van der Waals surface area contributed by atoms with Crippen molar-refractivity contribution >= 4 is 22.4 Å². The molecule has 2 aromatic rings. The van der Waals surface area contributed by atoms with E-state index in [1.54, 1.807) is 38.6 Å². The Balaban J connectivity index is 2.29. The van der Waals surface area contributed by atoms with Crippen LogP contribution in [0.25, 0.3) is 0 Å². The zero-order valence-corrected chi connectivity index (χ0v) is 11.7. The Kier molecular flexibility index (Phi) is 4.01. The fourth-order valence-corrected chi connectivity index (χ4v) is 2.24. The van der Waals surface area contributed by atoms with E-state index in [2.05, 4.69) is 4.98 Å². The number of carbonyl (C=O) groups is 1. The summed E-state index contributed by atoms with van der Waals surface area (Å²) < 4.78 is 10.3. The molecule has 0 fully saturated rings. The van der Waals surface area contributed by atoms with Gasteiger partial charge in [-0.05, 0) is 18.2 Å². The van der Waals surface area contributed by atoms with E-state index in [0.717, 1.165) is 0 Å². The summed E-state index contributed by atoms with van der Waals surface area (Å²) in [6.07, 6.45) is 1.67. The number of anilines is 1. The van der Waals surface area contributed by atoms with Gasteiger partial charge in [-0.2, -0.15) is 0 Å². The highest BCUT2D eigenvalue weighted by atomic mass is 32.1. The highest BCUT2D eigenvalue weighted by Gasteiger charge is 2.17. The third kappa shape index (κ3) is 2.68. The molecule has 19 heavy (non-hydrogen) atoms. The Labute approximate surface area is 115 Å². The van der Waals surface area contributed by atoms with Crippen LogP contribution < -0.4 is 14.4 Å². The lowest BCUT2D eigenvalue weighted by Gasteiger charge is -2.15. The number of aromatic nitrogens is 1. The Morgan fingerprint density at radius 1 is 1.26 bits per heavy atom. The number of amides is 1. The zero-order valence-electron chi connectivity index (χ0n) is 10.9. The predicted molar refractivity (Wildman–Crippen MR) is 74.4 cm³/mol. The van der Waals surface area contributed by atoms with Gasteiger partial charge in [0.15, 0.2) is 16.6 Å². The molecule has 1 aromatic heterocycles. The van der Waals surface area contributed by atoms with Crippen molar-refractivity contribution in [2.24, 2.45) is 0 Å². The summed E-state index contributed by atoms with van der Waals surface area (Å²) in [5, 5.41) is 2.48. The summed E-state index contributed by atoms with van der Waals surface area (Å²) in [5.74, 6) is 0.979. The van der Waals surface area contributed by atoms with Gasteiger partial charge in [0, 0.05) is 24.2 Å². The lowest BCUT2D eigenvalue weighted by molar-refractivity contribution is 0.0992. The number of methoxy groups -OCH3 is 2. The third-order valence-corrected chi connectivity index (χ3v) is 3.49. The van der Waals surface area contributed by atoms with Crippen molar-refractivity contribution in [3.63, 3.8) is 0 Å². The lowest BCUT2D eigenvalue weighted by Crippen LogP contribution is -2.26. The van der Waals surface area contributed by atoms with E-state index in [9.17, 15) is 4.79 Å². The summed E-state index contributed by atoms with van der Waals surface area (Å²) in [5.41, 5.74) is 0.523. The molecule has 0 atom stereocenters. The second kappa shape index (κ2) is 5.71. The maximum atomic E-state index is 12.3. The van der Waals surface area contributed by atoms with Gasteiger partial charge in [0.1, 0.15) is 0 Å². The molecule has 6 heteroatoms. The predicted octanol–water partition coefficient (Wildman–Crippen LogP) is 2.44. The first-order valence-electron chi connectivity index (χ1n) is 5.57. The quantitative estimate of drug-likeness (QED) is 0.862. The van der Waals surface area contributed by atoms with Gasteiger partial charge < -0.3 is 9.47 Å². The minimum atomic E-state index is -0.143. The van der Waals surface area contributed by atoms with Crippen molar-refractivity contribution < 1.29 is 14.3 Å². The number of nitrogens with zero attached hydrogens (tertiary/aromatic N) is 2. The lowest BCUT2D eigenvalue weighted by atomic mass is 10.2. The van der Waals surface area contributed by atoms with Crippen LogP contribution in [0.5, 0.6) is 11.5 Å². The number of rotatable bonds is 4. The molecule has 0 unspecified atom stereocenters. The Hall–Kier alpha value is -2.08. The van der Waals surface area contributed by atoms with Gasteiger partial charge in [-0.25, -0.2) is 4.98 Å². The van der Waals surface area contributed by atoms with E-state index in [1.807, 2.05) is 5.38 Å². The summed E-state index contributed by atoms with van der Waals surface area (Å²) >= 11 is 1.41. The van der Waals surface area contributed by atoms with Crippen molar-refractivity contribution in [1.29, 1.82) is 0 Å². The largest absolute Gasteiger partial charge is 0.493 e. The molecule has 0 saturated carbocycles. The highest BCUT2D eigenvalue weighted by Crippen LogP contribution is 2.28. The van der Waals surface area contributed by atoms with Crippen LogP contribution >= 0.6 is 11.3 Å². The van der Waals surface area contributed by atoms with Crippen LogP contribution in [0.4, 0.5) is 5.13 Å². The molecule has 0 bridgehead atoms. The van der Waals surface area contributed by atoms with Gasteiger partial charge in [-0.15, -0.1) is 11.3 Å². The highest BCUT2D eigenvalue weighted by molar-refractivity contribution is 7.13. The Morgan fingerprint density at radius 2 is 2.00 bits per heavy atom. The first kappa shape index (κ1) is 13.4. The fourth-order valence-electron chi connectivity index (χ4n) is 1.63. The molecule has 2 rings (SSSR count). The Bertz CT molecular complexity index is 569. The second-order valence-corrected chi connectivity index (χ2v) is 4.62. The third-order valence-electron chi connectivity index (χ3n) is 2.64. The van der Waals surface area contributed by atoms with Crippen molar-refractivity contribution in [3.05, 3.63) is 35.3 Å². The zero-order chi connectivity index (χ0) is 13.8. The molecule has 0 spiro atoms. The minimum Gasteiger partial charge on any atom is -0.493 e. The Morgan fingerprint density at radius 3 is 2.58 bits per heavy atom. The van der Waals surface area contributed by atoms with E-state index in [1.165, 1.54) is 23.3 Å². The van der Waals surface area contributed by atoms with Crippen LogP contribution in [0.3, 0.4) is 0 Å². The van der Waals surface area contributed by atoms with E-state index in [4.69, 9.17) is 9.47 Å². The molecule has 1 heterocycles. The number of hydrogen-bond donors (Lipinski definition) is 0. The van der Waals surface area contributed by atoms with Gasteiger partial charge in [0.25, 0.3) is 5.91 Å². The number of hydrogen-bond acceptors (Lipinski definition) is 5. The first-order chi connectivity index (χ1) is 9.17. The molecule has 0 N–H and O–H groups in total. The number of carbonyl (C=O) groups excluding carboxylic acids is 1. The number of ether oxygens (including phenoxy) is 2. The van der Waals surface area contributed by atoms with Crippen LogP contribution in [0.2, 0.25) is 0 Å². The SMILES string of the molecule is COc1ccc(C(=O)N(C)c2nccs2)cc1OC. The maximum absolute atomic E-state index is 12.3. The molecular weight excluding hydrogens is 264 g/mol. The molecule has 0 radical (unpaired) electrons. The van der Waals surface area contributed by atoms with Gasteiger partial charge in [0.2, 0.25) is 0 Å². The topological polar surface area (TPSA) is 51.7 Å². The van der Waals surface area contributed by atoms with Crippen molar-refractivity contribution in [3.8, 4) is 11.5 Å². The van der Waals surface area contributed by atoms with Crippen LogP contribution in [0.1, 0.15) is 10.4 Å². The molecular formula is C13H14N2O3S. The number of benzene rings is 1. The van der Waals surface area contributed by atoms with Crippen molar-refractivity contribution in [1.82, 2.24) is 4.98 Å². The normalized spacial score (nSPS) is 10.1. The van der Waals surface area contributed by atoms with Crippen LogP contribution in [-0.4, -0.2) is 32.2 Å². The molecule has 0 aliphatic rings. The van der Waals surface area contributed by atoms with Gasteiger partial charge in [-0.1, -0.05) is 0 Å². The molecule has 1 aromatic carbocycles. The summed E-state index contributed by atoms with van der Waals surface area (Å²) in [6, 6.07) is 5.07. The van der Waals surface area contributed by atoms with E-state index in [-0.39, 0.29) is 5.91 Å². The van der Waals surface area contributed by atoms with E-state index in [0.29, 0.717) is 22.2 Å². The minimum absolute atomic E-state index is 0.143. The van der Waals surface area contributed by atoms with Gasteiger partial charge in [0.05, 0.1) is 14.2 Å². The summed E-state index contributed by atoms with van der Waals surface area (Å²) in [6.45, 7) is 0. The summed E-state index contributed by atoms with van der Waals surface area (Å²) in [7, 11) is 4.79. The molecule has 0 saturated heterocycles. The smallest absolute Gasteiger partial charge is 0.259 e. The van der Waals surface area contributed by atoms with Crippen LogP contribution in [0, 0.1) is 0 Å². The maximum Gasteiger partial charge on any atom is 0.259 e. The van der Waals surface area contributed by atoms with Crippen LogP contribution in [0.15, 0.2) is 29.8 Å². The molecule has 1 amide bonds. The average Bonchev–Trinajstić information content (AvgIpc) is 2.99. The van der Waals surface area contributed by atoms with Crippen molar-refractivity contribution in [2.45, 2.75) is 0 Å². The van der Waals surface area contributed by atoms with E-state index >= 15 is 0 Å². The molecule has 100 valence electrons. The van der Waals surface area contributed by atoms with Crippen LogP contribution in [-0.2, 0) is 0 Å².